The number of hydrogen-bond donors (Lipinski definition) is 2. The summed E-state index contributed by atoms with van der Waals surface area (Å²) in [4.78, 5) is 17.3. The molecule has 142 valence electrons. The Bertz CT molecular complexity index is 673. The fourth-order valence-electron chi connectivity index (χ4n) is 4.79. The molecule has 3 heterocycles. The Hall–Kier alpha value is -1.30. The summed E-state index contributed by atoms with van der Waals surface area (Å²) in [6, 6.07) is 5.70. The first-order chi connectivity index (χ1) is 12.6. The Balaban J connectivity index is 1.51. The summed E-state index contributed by atoms with van der Waals surface area (Å²) in [7, 11) is 0. The summed E-state index contributed by atoms with van der Waals surface area (Å²) >= 11 is 6.50. The van der Waals surface area contributed by atoms with Crippen LogP contribution in [-0.2, 0) is 0 Å². The van der Waals surface area contributed by atoms with Gasteiger partial charge in [0.1, 0.15) is 0 Å². The van der Waals surface area contributed by atoms with E-state index < -0.39 is 0 Å². The monoisotopic (exact) mass is 377 g/mol. The number of hydrogen-bond acceptors (Lipinski definition) is 4. The van der Waals surface area contributed by atoms with E-state index in [1.165, 1.54) is 12.8 Å². The number of anilines is 1. The summed E-state index contributed by atoms with van der Waals surface area (Å²) in [5.41, 5.74) is 1.47. The Morgan fingerprint density at radius 3 is 2.77 bits per heavy atom. The van der Waals surface area contributed by atoms with Crippen LogP contribution in [0.25, 0.3) is 0 Å². The molecule has 1 aromatic carbocycles. The number of nitrogens with one attached hydrogen (secondary N) is 1. The maximum atomic E-state index is 13.1. The zero-order valence-electron chi connectivity index (χ0n) is 15.2. The van der Waals surface area contributed by atoms with Crippen LogP contribution in [0.5, 0.6) is 0 Å². The van der Waals surface area contributed by atoms with Crippen molar-refractivity contribution in [1.29, 1.82) is 0 Å². The van der Waals surface area contributed by atoms with Gasteiger partial charge in [-0.3, -0.25) is 4.79 Å². The van der Waals surface area contributed by atoms with E-state index in [0.29, 0.717) is 17.1 Å². The number of carbonyl (C=O) groups is 1. The van der Waals surface area contributed by atoms with Crippen LogP contribution in [0.4, 0.5) is 5.69 Å². The van der Waals surface area contributed by atoms with E-state index in [4.69, 9.17) is 11.6 Å². The SMILES string of the molecule is O=C(c1ccc(N2CCCC2)c(Cl)c1)N1CCC[C@]2(CNCC[C@@H]2O)C1. The molecular formula is C20H28ClN3O2. The molecule has 2 N–H and O–H groups in total. The van der Waals surface area contributed by atoms with Crippen LogP contribution in [0, 0.1) is 5.41 Å². The predicted molar refractivity (Wildman–Crippen MR) is 104 cm³/mol. The van der Waals surface area contributed by atoms with Gasteiger partial charge in [-0.1, -0.05) is 11.6 Å². The number of aliphatic hydroxyl groups excluding tert-OH is 1. The molecule has 6 heteroatoms. The summed E-state index contributed by atoms with van der Waals surface area (Å²) in [5.74, 6) is 0.0247. The average Bonchev–Trinajstić information content (AvgIpc) is 3.18. The molecule has 3 fully saturated rings. The van der Waals surface area contributed by atoms with Gasteiger partial charge in [-0.25, -0.2) is 0 Å². The number of nitrogens with zero attached hydrogens (tertiary/aromatic N) is 2. The molecule has 0 bridgehead atoms. The molecule has 5 nitrogen and oxygen atoms in total. The molecule has 1 spiro atoms. The minimum absolute atomic E-state index is 0.0247. The van der Waals surface area contributed by atoms with E-state index in [0.717, 1.165) is 57.7 Å². The molecule has 1 aromatic rings. The van der Waals surface area contributed by atoms with Crippen molar-refractivity contribution in [3.05, 3.63) is 28.8 Å². The Morgan fingerprint density at radius 1 is 1.23 bits per heavy atom. The second kappa shape index (κ2) is 7.37. The second-order valence-electron chi connectivity index (χ2n) is 8.03. The van der Waals surface area contributed by atoms with Crippen LogP contribution in [0.2, 0.25) is 5.02 Å². The standard InChI is InChI=1S/C20H28ClN3O2/c21-16-12-15(4-5-17(16)23-9-1-2-10-23)19(26)24-11-3-7-20(14-24)13-22-8-6-18(20)25/h4-5,12,18,22,25H,1-3,6-11,13-14H2/t18-,20-/m0/s1. The van der Waals surface area contributed by atoms with Gasteiger partial charge in [0.15, 0.2) is 0 Å². The Kier molecular flexibility index (Phi) is 5.13. The zero-order valence-corrected chi connectivity index (χ0v) is 16.0. The Morgan fingerprint density at radius 2 is 2.04 bits per heavy atom. The van der Waals surface area contributed by atoms with E-state index in [1.807, 2.05) is 23.1 Å². The van der Waals surface area contributed by atoms with Crippen molar-refractivity contribution in [3.63, 3.8) is 0 Å². The Labute approximate surface area is 160 Å². The molecule has 26 heavy (non-hydrogen) atoms. The minimum atomic E-state index is -0.333. The smallest absolute Gasteiger partial charge is 0.253 e. The molecule has 0 aliphatic carbocycles. The molecule has 0 saturated carbocycles. The van der Waals surface area contributed by atoms with Gasteiger partial charge in [-0.15, -0.1) is 0 Å². The fraction of sp³-hybridized carbons (Fsp3) is 0.650. The number of carbonyl (C=O) groups excluding carboxylic acids is 1. The lowest BCUT2D eigenvalue weighted by molar-refractivity contribution is -0.0433. The number of aliphatic hydroxyl groups is 1. The minimum Gasteiger partial charge on any atom is -0.392 e. The first-order valence-corrected chi connectivity index (χ1v) is 10.2. The van der Waals surface area contributed by atoms with E-state index in [9.17, 15) is 9.90 Å². The van der Waals surface area contributed by atoms with Gasteiger partial charge in [0.25, 0.3) is 5.91 Å². The van der Waals surface area contributed by atoms with E-state index in [2.05, 4.69) is 10.2 Å². The van der Waals surface area contributed by atoms with Gasteiger partial charge in [-0.2, -0.15) is 0 Å². The maximum absolute atomic E-state index is 13.1. The molecule has 4 rings (SSSR count). The number of halogens is 1. The third kappa shape index (κ3) is 3.32. The molecule has 3 aliphatic rings. The summed E-state index contributed by atoms with van der Waals surface area (Å²) in [6.45, 7) is 5.07. The third-order valence-electron chi connectivity index (χ3n) is 6.32. The van der Waals surface area contributed by atoms with Crippen molar-refractivity contribution >= 4 is 23.2 Å². The normalized spacial score (nSPS) is 29.4. The average molecular weight is 378 g/mol. The highest BCUT2D eigenvalue weighted by atomic mass is 35.5. The highest BCUT2D eigenvalue weighted by Crippen LogP contribution is 2.37. The van der Waals surface area contributed by atoms with Crippen molar-refractivity contribution in [2.75, 3.05) is 44.2 Å². The van der Waals surface area contributed by atoms with Gasteiger partial charge in [0.2, 0.25) is 0 Å². The van der Waals surface area contributed by atoms with E-state index in [-0.39, 0.29) is 17.4 Å². The lowest BCUT2D eigenvalue weighted by Gasteiger charge is -2.48. The highest BCUT2D eigenvalue weighted by molar-refractivity contribution is 6.33. The van der Waals surface area contributed by atoms with Crippen LogP contribution in [0.15, 0.2) is 18.2 Å². The number of amides is 1. The largest absolute Gasteiger partial charge is 0.392 e. The molecular weight excluding hydrogens is 350 g/mol. The predicted octanol–water partition coefficient (Wildman–Crippen LogP) is 2.52. The van der Waals surface area contributed by atoms with E-state index >= 15 is 0 Å². The van der Waals surface area contributed by atoms with Crippen molar-refractivity contribution in [2.45, 2.75) is 38.2 Å². The number of piperidine rings is 2. The quantitative estimate of drug-likeness (QED) is 0.831. The molecule has 1 amide bonds. The van der Waals surface area contributed by atoms with Crippen LogP contribution < -0.4 is 10.2 Å². The first kappa shape index (κ1) is 18.1. The van der Waals surface area contributed by atoms with E-state index in [1.54, 1.807) is 0 Å². The van der Waals surface area contributed by atoms with Gasteiger partial charge >= 0.3 is 0 Å². The van der Waals surface area contributed by atoms with Gasteiger partial charge in [0.05, 0.1) is 16.8 Å². The second-order valence-corrected chi connectivity index (χ2v) is 8.44. The van der Waals surface area contributed by atoms with Gasteiger partial charge in [0, 0.05) is 43.7 Å². The van der Waals surface area contributed by atoms with Crippen LogP contribution in [0.3, 0.4) is 0 Å². The number of likely N-dealkylation sites (tertiary alicyclic amines) is 1. The highest BCUT2D eigenvalue weighted by Gasteiger charge is 2.44. The fourth-order valence-corrected chi connectivity index (χ4v) is 5.09. The van der Waals surface area contributed by atoms with Crippen molar-refractivity contribution < 1.29 is 9.90 Å². The van der Waals surface area contributed by atoms with Gasteiger partial charge in [-0.05, 0) is 56.8 Å². The van der Waals surface area contributed by atoms with Crippen molar-refractivity contribution in [2.24, 2.45) is 5.41 Å². The molecule has 2 atom stereocenters. The molecule has 0 aromatic heterocycles. The number of rotatable bonds is 2. The van der Waals surface area contributed by atoms with Crippen molar-refractivity contribution in [3.8, 4) is 0 Å². The molecule has 0 unspecified atom stereocenters. The molecule has 3 aliphatic heterocycles. The summed E-state index contributed by atoms with van der Waals surface area (Å²) in [5, 5.41) is 14.6. The molecule has 0 radical (unpaired) electrons. The molecule has 3 saturated heterocycles. The zero-order chi connectivity index (χ0) is 18.1. The summed E-state index contributed by atoms with van der Waals surface area (Å²) in [6.07, 6.45) is 4.73. The number of benzene rings is 1. The summed E-state index contributed by atoms with van der Waals surface area (Å²) < 4.78 is 0. The topological polar surface area (TPSA) is 55.8 Å². The van der Waals surface area contributed by atoms with Gasteiger partial charge < -0.3 is 20.2 Å². The lowest BCUT2D eigenvalue weighted by Crippen LogP contribution is -2.58. The van der Waals surface area contributed by atoms with Crippen molar-refractivity contribution in [1.82, 2.24) is 10.2 Å². The van der Waals surface area contributed by atoms with Crippen LogP contribution in [-0.4, -0.2) is 61.3 Å². The first-order valence-electron chi connectivity index (χ1n) is 9.82. The third-order valence-corrected chi connectivity index (χ3v) is 6.62. The van der Waals surface area contributed by atoms with Crippen LogP contribution >= 0.6 is 11.6 Å². The maximum Gasteiger partial charge on any atom is 0.253 e. The lowest BCUT2D eigenvalue weighted by atomic mass is 9.72. The van der Waals surface area contributed by atoms with Crippen LogP contribution in [0.1, 0.15) is 42.5 Å².